The quantitative estimate of drug-likeness (QED) is 0.367. The van der Waals surface area contributed by atoms with Crippen LogP contribution in [0.4, 0.5) is 5.69 Å². The van der Waals surface area contributed by atoms with Crippen LogP contribution in [-0.2, 0) is 9.59 Å². The van der Waals surface area contributed by atoms with E-state index in [1.165, 1.54) is 11.0 Å². The van der Waals surface area contributed by atoms with Crippen molar-refractivity contribution in [2.75, 3.05) is 10.3 Å². The van der Waals surface area contributed by atoms with Gasteiger partial charge < -0.3 is 0 Å². The summed E-state index contributed by atoms with van der Waals surface area (Å²) in [6, 6.07) is 19.5. The van der Waals surface area contributed by atoms with Crippen molar-refractivity contribution in [2.45, 2.75) is 13.8 Å². The highest BCUT2D eigenvalue weighted by Crippen LogP contribution is 2.23. The second kappa shape index (κ2) is 8.60. The van der Waals surface area contributed by atoms with Gasteiger partial charge in [-0.15, -0.1) is 0 Å². The number of nitrogens with one attached hydrogen (secondary N) is 2. The smallest absolute Gasteiger partial charge is 0.270 e. The molecule has 1 aromatic heterocycles. The molecule has 0 spiro atoms. The molecule has 0 aliphatic carbocycles. The number of hydrogen-bond donors (Lipinski definition) is 2. The molecule has 2 N–H and O–H groups in total. The number of aromatic nitrogens is 1. The average Bonchev–Trinajstić information content (AvgIpc) is 3.05. The molecule has 0 saturated carbocycles. The number of hydrogen-bond acceptors (Lipinski definition) is 4. The molecule has 2 heterocycles. The highest BCUT2D eigenvalue weighted by atomic mass is 32.1. The monoisotopic (exact) mass is 444 g/mol. The van der Waals surface area contributed by atoms with Gasteiger partial charge in [-0.05, 0) is 68.0 Å². The molecule has 32 heavy (non-hydrogen) atoms. The molecule has 3 aromatic rings. The van der Waals surface area contributed by atoms with E-state index < -0.39 is 11.8 Å². The summed E-state index contributed by atoms with van der Waals surface area (Å²) in [7, 11) is 0. The molecule has 7 nitrogen and oxygen atoms in total. The van der Waals surface area contributed by atoms with Gasteiger partial charge in [-0.2, -0.15) is 0 Å². The molecular weight excluding hydrogens is 424 g/mol. The first-order chi connectivity index (χ1) is 15.4. The zero-order valence-corrected chi connectivity index (χ0v) is 18.3. The van der Waals surface area contributed by atoms with Crippen LogP contribution in [0.1, 0.15) is 27.3 Å². The summed E-state index contributed by atoms with van der Waals surface area (Å²) in [5.74, 6) is -1.34. The fourth-order valence-electron chi connectivity index (χ4n) is 3.49. The largest absolute Gasteiger partial charge is 0.298 e. The second-order valence-corrected chi connectivity index (χ2v) is 7.65. The van der Waals surface area contributed by atoms with E-state index in [0.717, 1.165) is 5.69 Å². The summed E-state index contributed by atoms with van der Waals surface area (Å²) in [5, 5.41) is 2.61. The summed E-state index contributed by atoms with van der Waals surface area (Å²) in [6.07, 6.45) is 1.52. The predicted octanol–water partition coefficient (Wildman–Crippen LogP) is 3.32. The first-order valence-corrected chi connectivity index (χ1v) is 10.3. The highest BCUT2D eigenvalue weighted by molar-refractivity contribution is 7.80. The van der Waals surface area contributed by atoms with Crippen molar-refractivity contribution in [3.05, 3.63) is 94.8 Å². The normalized spacial score (nSPS) is 15.1. The number of thiocarbonyl (C=S) groups is 1. The maximum atomic E-state index is 13.1. The lowest BCUT2D eigenvalue weighted by molar-refractivity contribution is -0.122. The highest BCUT2D eigenvalue weighted by Gasteiger charge is 2.34. The number of anilines is 1. The van der Waals surface area contributed by atoms with Crippen LogP contribution in [-0.4, -0.2) is 27.5 Å². The zero-order chi connectivity index (χ0) is 22.8. The van der Waals surface area contributed by atoms with E-state index in [4.69, 9.17) is 12.2 Å². The zero-order valence-electron chi connectivity index (χ0n) is 17.5. The standard InChI is InChI=1S/C24H20N4O3S/c1-15-13-18(16(2)28(15)26-21(29)17-9-5-3-6-10-17)14-20-22(30)25-24(32)27(23(20)31)19-11-7-4-8-12-19/h3-14H,1-2H3,(H,26,29)(H,25,30,32)/b20-14+. The van der Waals surface area contributed by atoms with Crippen LogP contribution in [0.15, 0.2) is 72.3 Å². The molecule has 0 atom stereocenters. The minimum Gasteiger partial charge on any atom is -0.298 e. The number of amides is 3. The molecule has 4 rings (SSSR count). The lowest BCUT2D eigenvalue weighted by Gasteiger charge is -2.28. The number of para-hydroxylation sites is 1. The third kappa shape index (κ3) is 3.95. The first kappa shape index (κ1) is 21.2. The van der Waals surface area contributed by atoms with Crippen LogP contribution < -0.4 is 15.6 Å². The van der Waals surface area contributed by atoms with Gasteiger partial charge in [-0.25, -0.2) is 0 Å². The maximum absolute atomic E-state index is 13.1. The maximum Gasteiger partial charge on any atom is 0.270 e. The number of rotatable bonds is 4. The van der Waals surface area contributed by atoms with Crippen LogP contribution >= 0.6 is 12.2 Å². The minimum atomic E-state index is -0.565. The molecule has 1 aliphatic heterocycles. The molecule has 1 fully saturated rings. The molecule has 3 amide bonds. The van der Waals surface area contributed by atoms with Crippen molar-refractivity contribution in [3.63, 3.8) is 0 Å². The van der Waals surface area contributed by atoms with Crippen LogP contribution in [0.3, 0.4) is 0 Å². The molecule has 2 aromatic carbocycles. The topological polar surface area (TPSA) is 83.4 Å². The van der Waals surface area contributed by atoms with E-state index >= 15 is 0 Å². The molecule has 160 valence electrons. The Labute approximate surface area is 190 Å². The van der Waals surface area contributed by atoms with Crippen molar-refractivity contribution in [1.29, 1.82) is 0 Å². The van der Waals surface area contributed by atoms with Crippen LogP contribution in [0.25, 0.3) is 6.08 Å². The molecule has 8 heteroatoms. The summed E-state index contributed by atoms with van der Waals surface area (Å²) < 4.78 is 1.63. The Morgan fingerprint density at radius 3 is 2.28 bits per heavy atom. The number of aryl methyl sites for hydroxylation is 1. The Kier molecular flexibility index (Phi) is 5.70. The van der Waals surface area contributed by atoms with Gasteiger partial charge in [-0.3, -0.25) is 34.7 Å². The van der Waals surface area contributed by atoms with E-state index in [1.54, 1.807) is 66.2 Å². The van der Waals surface area contributed by atoms with Crippen molar-refractivity contribution < 1.29 is 14.4 Å². The number of carbonyl (C=O) groups is 3. The van der Waals surface area contributed by atoms with Crippen LogP contribution in [0.5, 0.6) is 0 Å². The molecular formula is C24H20N4O3S. The van der Waals surface area contributed by atoms with E-state index in [-0.39, 0.29) is 16.6 Å². The van der Waals surface area contributed by atoms with Crippen molar-refractivity contribution in [3.8, 4) is 0 Å². The van der Waals surface area contributed by atoms with Gasteiger partial charge in [0.1, 0.15) is 5.57 Å². The van der Waals surface area contributed by atoms with E-state index in [2.05, 4.69) is 10.7 Å². The number of carbonyl (C=O) groups excluding carboxylic acids is 3. The molecule has 1 saturated heterocycles. The molecule has 0 radical (unpaired) electrons. The molecule has 0 unspecified atom stereocenters. The van der Waals surface area contributed by atoms with Crippen LogP contribution in [0, 0.1) is 13.8 Å². The molecule has 0 bridgehead atoms. The van der Waals surface area contributed by atoms with Crippen molar-refractivity contribution >= 4 is 46.8 Å². The number of benzene rings is 2. The first-order valence-electron chi connectivity index (χ1n) is 9.88. The lowest BCUT2D eigenvalue weighted by Crippen LogP contribution is -2.54. The van der Waals surface area contributed by atoms with Crippen LogP contribution in [0.2, 0.25) is 0 Å². The Hall–Kier alpha value is -4.04. The lowest BCUT2D eigenvalue weighted by atomic mass is 10.1. The predicted molar refractivity (Wildman–Crippen MR) is 127 cm³/mol. The summed E-state index contributed by atoms with van der Waals surface area (Å²) >= 11 is 5.22. The van der Waals surface area contributed by atoms with E-state index in [1.807, 2.05) is 19.1 Å². The fraction of sp³-hybridized carbons (Fsp3) is 0.0833. The Bertz CT molecular complexity index is 1260. The Morgan fingerprint density at radius 2 is 1.62 bits per heavy atom. The van der Waals surface area contributed by atoms with Gasteiger partial charge in [0.05, 0.1) is 5.69 Å². The average molecular weight is 445 g/mol. The minimum absolute atomic E-state index is 0.0314. The molecule has 1 aliphatic rings. The third-order valence-electron chi connectivity index (χ3n) is 5.14. The summed E-state index contributed by atoms with van der Waals surface area (Å²) in [5.41, 5.74) is 5.95. The van der Waals surface area contributed by atoms with E-state index in [9.17, 15) is 14.4 Å². The fourth-order valence-corrected chi connectivity index (χ4v) is 3.77. The van der Waals surface area contributed by atoms with Gasteiger partial charge in [0, 0.05) is 17.0 Å². The summed E-state index contributed by atoms with van der Waals surface area (Å²) in [4.78, 5) is 39.6. The van der Waals surface area contributed by atoms with E-state index in [0.29, 0.717) is 22.5 Å². The SMILES string of the molecule is Cc1cc(/C=C2\C(=O)NC(=S)N(c3ccccc3)C2=O)c(C)n1NC(=O)c1ccccc1. The van der Waals surface area contributed by atoms with Crippen molar-refractivity contribution in [1.82, 2.24) is 9.99 Å². The Balaban J connectivity index is 1.66. The summed E-state index contributed by atoms with van der Waals surface area (Å²) in [6.45, 7) is 3.63. The van der Waals surface area contributed by atoms with Crippen molar-refractivity contribution in [2.24, 2.45) is 0 Å². The number of nitrogens with zero attached hydrogens (tertiary/aromatic N) is 2. The van der Waals surface area contributed by atoms with Gasteiger partial charge in [0.15, 0.2) is 5.11 Å². The third-order valence-corrected chi connectivity index (χ3v) is 5.42. The van der Waals surface area contributed by atoms with Gasteiger partial charge in [-0.1, -0.05) is 36.4 Å². The second-order valence-electron chi connectivity index (χ2n) is 7.26. The Morgan fingerprint density at radius 1 is 1.00 bits per heavy atom. The van der Waals surface area contributed by atoms with Gasteiger partial charge in [0.2, 0.25) is 0 Å². The van der Waals surface area contributed by atoms with Gasteiger partial charge >= 0.3 is 0 Å². The van der Waals surface area contributed by atoms with Gasteiger partial charge in [0.25, 0.3) is 17.7 Å².